The Morgan fingerprint density at radius 2 is 1.71 bits per heavy atom. The monoisotopic (exact) mass is 526 g/mol. The minimum Gasteiger partial charge on any atom is -0.507 e. The minimum atomic E-state index is -0.839. The molecule has 7 nitrogen and oxygen atoms in total. The number of aliphatic hydroxyl groups excluding tert-OH is 1. The van der Waals surface area contributed by atoms with Crippen molar-refractivity contribution in [1.29, 1.82) is 0 Å². The lowest BCUT2D eigenvalue weighted by Gasteiger charge is -2.23. The number of nitrogens with zero attached hydrogens (tertiary/aromatic N) is 2. The summed E-state index contributed by atoms with van der Waals surface area (Å²) in [6.45, 7) is 4.84. The Morgan fingerprint density at radius 1 is 1.00 bits per heavy atom. The number of Topliss-reactive ketones (excluding diaryl/α,β-unsaturated/α-hetero) is 1. The highest BCUT2D eigenvalue weighted by Gasteiger charge is 2.48. The molecule has 4 aromatic rings. The van der Waals surface area contributed by atoms with Gasteiger partial charge in [0.1, 0.15) is 23.9 Å². The van der Waals surface area contributed by atoms with Gasteiger partial charge in [-0.3, -0.25) is 14.5 Å². The van der Waals surface area contributed by atoms with E-state index in [0.717, 1.165) is 11.1 Å². The van der Waals surface area contributed by atoms with Gasteiger partial charge >= 0.3 is 5.91 Å². The lowest BCUT2D eigenvalue weighted by molar-refractivity contribution is -0.132. The Hall–Kier alpha value is -4.43. The summed E-state index contributed by atoms with van der Waals surface area (Å²) in [5.41, 5.74) is 3.27. The number of benzene rings is 3. The lowest BCUT2D eigenvalue weighted by atomic mass is 9.95. The van der Waals surface area contributed by atoms with Crippen molar-refractivity contribution < 1.29 is 24.2 Å². The van der Waals surface area contributed by atoms with E-state index in [9.17, 15) is 14.7 Å². The van der Waals surface area contributed by atoms with Gasteiger partial charge in [-0.1, -0.05) is 42.0 Å². The molecule has 3 aromatic carbocycles. The summed E-state index contributed by atoms with van der Waals surface area (Å²) < 4.78 is 11.4. The van der Waals surface area contributed by atoms with Crippen molar-refractivity contribution in [3.05, 3.63) is 112 Å². The molecule has 1 atom stereocenters. The predicted molar refractivity (Wildman–Crippen MR) is 146 cm³/mol. The Morgan fingerprint density at radius 3 is 2.37 bits per heavy atom. The van der Waals surface area contributed by atoms with Crippen molar-refractivity contribution in [1.82, 2.24) is 4.98 Å². The molecule has 0 bridgehead atoms. The van der Waals surface area contributed by atoms with Crippen LogP contribution in [0, 0.1) is 6.92 Å². The molecule has 2 heterocycles. The molecule has 1 aliphatic heterocycles. The Balaban J connectivity index is 1.48. The van der Waals surface area contributed by atoms with E-state index in [1.165, 1.54) is 16.2 Å². The van der Waals surface area contributed by atoms with E-state index in [0.29, 0.717) is 41.0 Å². The number of aliphatic hydroxyl groups is 1. The standard InChI is InChI=1S/C30H26N2O5S/c1-3-36-23-11-7-21(8-12-23)26-25(28(34)29(35)32(26)30-31-15-16-38-30)27(33)22-9-13-24(14-10-22)37-18-20-6-4-5-19(2)17-20/h4-17,26,33H,3,18H2,1-2H3. The maximum atomic E-state index is 13.3. The third-order valence-electron chi connectivity index (χ3n) is 6.19. The highest BCUT2D eigenvalue weighted by atomic mass is 32.1. The van der Waals surface area contributed by atoms with Crippen LogP contribution in [0.4, 0.5) is 5.13 Å². The number of carbonyl (C=O) groups is 2. The Bertz CT molecular complexity index is 1480. The highest BCUT2D eigenvalue weighted by Crippen LogP contribution is 2.43. The van der Waals surface area contributed by atoms with Crippen molar-refractivity contribution in [2.24, 2.45) is 0 Å². The molecule has 1 N–H and O–H groups in total. The predicted octanol–water partition coefficient (Wildman–Crippen LogP) is 6.06. The first kappa shape index (κ1) is 25.2. The second kappa shape index (κ2) is 10.9. The van der Waals surface area contributed by atoms with E-state index < -0.39 is 17.7 Å². The molecule has 192 valence electrons. The van der Waals surface area contributed by atoms with Gasteiger partial charge in [0.2, 0.25) is 0 Å². The number of carbonyl (C=O) groups excluding carboxylic acids is 2. The zero-order valence-corrected chi connectivity index (χ0v) is 21.8. The lowest BCUT2D eigenvalue weighted by Crippen LogP contribution is -2.29. The van der Waals surface area contributed by atoms with Gasteiger partial charge in [-0.15, -0.1) is 11.3 Å². The number of anilines is 1. The molecule has 1 unspecified atom stereocenters. The third kappa shape index (κ3) is 5.03. The van der Waals surface area contributed by atoms with Crippen LogP contribution in [0.3, 0.4) is 0 Å². The van der Waals surface area contributed by atoms with E-state index in [-0.39, 0.29) is 11.3 Å². The number of hydrogen-bond donors (Lipinski definition) is 1. The van der Waals surface area contributed by atoms with Gasteiger partial charge < -0.3 is 14.6 Å². The topological polar surface area (TPSA) is 89.0 Å². The molecule has 1 aromatic heterocycles. The molecule has 8 heteroatoms. The van der Waals surface area contributed by atoms with Gasteiger partial charge in [-0.2, -0.15) is 0 Å². The SMILES string of the molecule is CCOc1ccc(C2C(=C(O)c3ccc(OCc4cccc(C)c4)cc3)C(=O)C(=O)N2c2nccs2)cc1. The quantitative estimate of drug-likeness (QED) is 0.171. The van der Waals surface area contributed by atoms with Crippen LogP contribution in [0.1, 0.15) is 35.2 Å². The van der Waals surface area contributed by atoms with Crippen LogP contribution in [-0.2, 0) is 16.2 Å². The molecule has 0 aliphatic carbocycles. The van der Waals surface area contributed by atoms with Gasteiger partial charge in [0.15, 0.2) is 5.13 Å². The Labute approximate surface area is 224 Å². The van der Waals surface area contributed by atoms with E-state index in [1.807, 2.05) is 32.0 Å². The number of ketones is 1. The van der Waals surface area contributed by atoms with Crippen LogP contribution in [0.5, 0.6) is 11.5 Å². The van der Waals surface area contributed by atoms with Crippen LogP contribution in [0.15, 0.2) is 89.9 Å². The zero-order chi connectivity index (χ0) is 26.6. The average molecular weight is 527 g/mol. The summed E-state index contributed by atoms with van der Waals surface area (Å²) in [6, 6.07) is 21.2. The van der Waals surface area contributed by atoms with Crippen molar-refractivity contribution >= 4 is 33.9 Å². The first-order valence-electron chi connectivity index (χ1n) is 12.2. The number of aromatic nitrogens is 1. The third-order valence-corrected chi connectivity index (χ3v) is 6.96. The van der Waals surface area contributed by atoms with Crippen LogP contribution in [0.25, 0.3) is 5.76 Å². The van der Waals surface area contributed by atoms with Crippen molar-refractivity contribution in [3.63, 3.8) is 0 Å². The van der Waals surface area contributed by atoms with E-state index >= 15 is 0 Å². The normalized spacial score (nSPS) is 16.6. The Kier molecular flexibility index (Phi) is 7.24. The molecule has 5 rings (SSSR count). The minimum absolute atomic E-state index is 0.00258. The van der Waals surface area contributed by atoms with E-state index in [1.54, 1.807) is 60.1 Å². The molecule has 0 spiro atoms. The van der Waals surface area contributed by atoms with E-state index in [4.69, 9.17) is 9.47 Å². The van der Waals surface area contributed by atoms with Gasteiger partial charge in [0.25, 0.3) is 5.78 Å². The summed E-state index contributed by atoms with van der Waals surface area (Å²) in [5, 5.41) is 13.4. The van der Waals surface area contributed by atoms with Crippen LogP contribution >= 0.6 is 11.3 Å². The molecule has 1 aliphatic rings. The summed E-state index contributed by atoms with van der Waals surface area (Å²) in [5.74, 6) is -0.473. The van der Waals surface area contributed by atoms with Crippen molar-refractivity contribution in [3.8, 4) is 11.5 Å². The largest absolute Gasteiger partial charge is 0.507 e. The highest BCUT2D eigenvalue weighted by molar-refractivity contribution is 7.14. The number of rotatable bonds is 8. The molecule has 1 fully saturated rings. The summed E-state index contributed by atoms with van der Waals surface area (Å²) in [6.07, 6.45) is 1.57. The van der Waals surface area contributed by atoms with Crippen LogP contribution in [0.2, 0.25) is 0 Å². The molecule has 38 heavy (non-hydrogen) atoms. The number of hydrogen-bond acceptors (Lipinski definition) is 7. The maximum absolute atomic E-state index is 13.3. The van der Waals surface area contributed by atoms with Crippen LogP contribution in [-0.4, -0.2) is 28.4 Å². The number of amides is 1. The second-order valence-electron chi connectivity index (χ2n) is 8.79. The maximum Gasteiger partial charge on any atom is 0.301 e. The molecule has 0 saturated carbocycles. The van der Waals surface area contributed by atoms with Gasteiger partial charge in [-0.25, -0.2) is 4.98 Å². The summed E-state index contributed by atoms with van der Waals surface area (Å²) >= 11 is 1.25. The fourth-order valence-electron chi connectivity index (χ4n) is 4.43. The fraction of sp³-hybridized carbons (Fsp3) is 0.167. The molecular weight excluding hydrogens is 500 g/mol. The first-order valence-corrected chi connectivity index (χ1v) is 13.1. The van der Waals surface area contributed by atoms with Crippen molar-refractivity contribution in [2.75, 3.05) is 11.5 Å². The zero-order valence-electron chi connectivity index (χ0n) is 21.0. The number of thiazole rings is 1. The van der Waals surface area contributed by atoms with Gasteiger partial charge in [0, 0.05) is 17.1 Å². The number of aryl methyl sites for hydroxylation is 1. The fourth-order valence-corrected chi connectivity index (χ4v) is 5.09. The average Bonchev–Trinajstić information content (AvgIpc) is 3.55. The molecule has 1 amide bonds. The molecular formula is C30H26N2O5S. The summed E-state index contributed by atoms with van der Waals surface area (Å²) in [4.78, 5) is 32.0. The smallest absolute Gasteiger partial charge is 0.301 e. The molecule has 0 radical (unpaired) electrons. The van der Waals surface area contributed by atoms with Gasteiger partial charge in [0.05, 0.1) is 18.2 Å². The van der Waals surface area contributed by atoms with Crippen LogP contribution < -0.4 is 14.4 Å². The first-order chi connectivity index (χ1) is 18.5. The van der Waals surface area contributed by atoms with Crippen molar-refractivity contribution in [2.45, 2.75) is 26.5 Å². The number of ether oxygens (including phenoxy) is 2. The van der Waals surface area contributed by atoms with Gasteiger partial charge in [-0.05, 0) is 61.4 Å². The molecule has 1 saturated heterocycles. The van der Waals surface area contributed by atoms with E-state index in [2.05, 4.69) is 11.1 Å². The summed E-state index contributed by atoms with van der Waals surface area (Å²) in [7, 11) is 0. The second-order valence-corrected chi connectivity index (χ2v) is 9.66.